The molecule has 4 N–H and O–H groups in total. The molecule has 0 unspecified atom stereocenters. The predicted molar refractivity (Wildman–Crippen MR) is 86.9 cm³/mol. The Bertz CT molecular complexity index is 703. The second-order valence-electron chi connectivity index (χ2n) is 4.13. The normalized spacial score (nSPS) is 9.95. The van der Waals surface area contributed by atoms with Crippen molar-refractivity contribution in [3.05, 3.63) is 51.6 Å². The van der Waals surface area contributed by atoms with E-state index in [1.54, 1.807) is 12.1 Å². The van der Waals surface area contributed by atoms with Crippen LogP contribution in [0.3, 0.4) is 0 Å². The minimum atomic E-state index is -1.23. The number of urea groups is 1. The Morgan fingerprint density at radius 1 is 1.00 bits per heavy atom. The maximum Gasteiger partial charge on any atom is 0.339 e. The van der Waals surface area contributed by atoms with Crippen molar-refractivity contribution in [3.63, 3.8) is 0 Å². The van der Waals surface area contributed by atoms with Crippen molar-refractivity contribution in [1.82, 2.24) is 0 Å². The van der Waals surface area contributed by atoms with E-state index in [1.165, 1.54) is 18.2 Å². The van der Waals surface area contributed by atoms with Crippen LogP contribution in [0.2, 0.25) is 0 Å². The van der Waals surface area contributed by atoms with Gasteiger partial charge in [-0.05, 0) is 52.9 Å². The molecular formula is C14H11IN2O4. The van der Waals surface area contributed by atoms with Gasteiger partial charge in [-0.1, -0.05) is 6.07 Å². The van der Waals surface area contributed by atoms with Crippen molar-refractivity contribution in [1.29, 1.82) is 0 Å². The van der Waals surface area contributed by atoms with E-state index in [0.717, 1.165) is 3.57 Å². The lowest BCUT2D eigenvalue weighted by Gasteiger charge is -2.09. The first kappa shape index (κ1) is 15.1. The lowest BCUT2D eigenvalue weighted by atomic mass is 10.2. The van der Waals surface area contributed by atoms with Gasteiger partial charge in [0, 0.05) is 21.0 Å². The lowest BCUT2D eigenvalue weighted by molar-refractivity contribution is 0.0694. The van der Waals surface area contributed by atoms with Gasteiger partial charge in [0.2, 0.25) is 0 Å². The number of amides is 2. The molecule has 21 heavy (non-hydrogen) atoms. The maximum absolute atomic E-state index is 11.8. The second-order valence-corrected chi connectivity index (χ2v) is 5.37. The van der Waals surface area contributed by atoms with Gasteiger partial charge >= 0.3 is 12.0 Å². The van der Waals surface area contributed by atoms with Crippen LogP contribution < -0.4 is 10.6 Å². The molecule has 0 heterocycles. The van der Waals surface area contributed by atoms with Crippen LogP contribution in [0.15, 0.2) is 42.5 Å². The number of anilines is 2. The van der Waals surface area contributed by atoms with Gasteiger partial charge in [-0.3, -0.25) is 0 Å². The molecule has 0 bridgehead atoms. The zero-order chi connectivity index (χ0) is 15.4. The van der Waals surface area contributed by atoms with Crippen LogP contribution in [0.5, 0.6) is 5.75 Å². The fraction of sp³-hybridized carbons (Fsp3) is 0. The van der Waals surface area contributed by atoms with Gasteiger partial charge in [0.05, 0.1) is 0 Å². The first-order valence-corrected chi connectivity index (χ1v) is 6.93. The van der Waals surface area contributed by atoms with E-state index in [1.807, 2.05) is 12.1 Å². The van der Waals surface area contributed by atoms with Crippen LogP contribution in [0.1, 0.15) is 10.4 Å². The summed E-state index contributed by atoms with van der Waals surface area (Å²) in [5, 5.41) is 23.5. The van der Waals surface area contributed by atoms with E-state index in [-0.39, 0.29) is 5.56 Å². The standard InChI is InChI=1S/C14H11IN2O4/c15-8-2-1-3-9(6-8)16-14(21)17-10-4-5-11(13(19)20)12(18)7-10/h1-7,18H,(H,19,20)(H2,16,17,21). The third kappa shape index (κ3) is 4.09. The van der Waals surface area contributed by atoms with Crippen LogP contribution in [-0.2, 0) is 0 Å². The highest BCUT2D eigenvalue weighted by molar-refractivity contribution is 14.1. The van der Waals surface area contributed by atoms with E-state index < -0.39 is 17.7 Å². The Kier molecular flexibility index (Phi) is 4.63. The van der Waals surface area contributed by atoms with Crippen molar-refractivity contribution >= 4 is 46.0 Å². The van der Waals surface area contributed by atoms with E-state index in [0.29, 0.717) is 11.4 Å². The fourth-order valence-electron chi connectivity index (χ4n) is 1.65. The Morgan fingerprint density at radius 2 is 1.67 bits per heavy atom. The van der Waals surface area contributed by atoms with Gasteiger partial charge in [0.1, 0.15) is 11.3 Å². The highest BCUT2D eigenvalue weighted by Crippen LogP contribution is 2.22. The van der Waals surface area contributed by atoms with E-state index in [9.17, 15) is 14.7 Å². The molecule has 2 aromatic carbocycles. The number of aromatic carboxylic acids is 1. The third-order valence-electron chi connectivity index (χ3n) is 2.57. The molecule has 0 saturated heterocycles. The van der Waals surface area contributed by atoms with Crippen molar-refractivity contribution in [3.8, 4) is 5.75 Å². The number of carbonyl (C=O) groups is 2. The van der Waals surface area contributed by atoms with Gasteiger partial charge in [-0.15, -0.1) is 0 Å². The van der Waals surface area contributed by atoms with Gasteiger partial charge < -0.3 is 20.8 Å². The van der Waals surface area contributed by atoms with Crippen LogP contribution in [0, 0.1) is 3.57 Å². The molecule has 0 aliphatic heterocycles. The number of carboxylic acid groups (broad SMARTS) is 1. The lowest BCUT2D eigenvalue weighted by Crippen LogP contribution is -2.19. The van der Waals surface area contributed by atoms with Crippen molar-refractivity contribution in [2.24, 2.45) is 0 Å². The summed E-state index contributed by atoms with van der Waals surface area (Å²) in [6.45, 7) is 0. The molecule has 2 rings (SSSR count). The Labute approximate surface area is 133 Å². The van der Waals surface area contributed by atoms with Crippen LogP contribution >= 0.6 is 22.6 Å². The number of hydrogen-bond acceptors (Lipinski definition) is 3. The maximum atomic E-state index is 11.8. The molecule has 0 saturated carbocycles. The predicted octanol–water partition coefficient (Wildman–Crippen LogP) is 3.34. The van der Waals surface area contributed by atoms with Gasteiger partial charge in [-0.2, -0.15) is 0 Å². The zero-order valence-corrected chi connectivity index (χ0v) is 12.8. The molecule has 0 atom stereocenters. The monoisotopic (exact) mass is 398 g/mol. The topological polar surface area (TPSA) is 98.7 Å². The summed E-state index contributed by atoms with van der Waals surface area (Å²) in [5.41, 5.74) is 0.699. The summed E-state index contributed by atoms with van der Waals surface area (Å²) < 4.78 is 0.980. The molecule has 2 aromatic rings. The molecule has 0 spiro atoms. The minimum Gasteiger partial charge on any atom is -0.507 e. The first-order valence-electron chi connectivity index (χ1n) is 5.85. The summed E-state index contributed by atoms with van der Waals surface area (Å²) in [6, 6.07) is 10.6. The van der Waals surface area contributed by atoms with Crippen molar-refractivity contribution in [2.75, 3.05) is 10.6 Å². The van der Waals surface area contributed by atoms with Crippen LogP contribution in [0.4, 0.5) is 16.2 Å². The highest BCUT2D eigenvalue weighted by atomic mass is 127. The van der Waals surface area contributed by atoms with E-state index >= 15 is 0 Å². The van der Waals surface area contributed by atoms with Crippen LogP contribution in [0.25, 0.3) is 0 Å². The summed E-state index contributed by atoms with van der Waals surface area (Å²) in [6.07, 6.45) is 0. The largest absolute Gasteiger partial charge is 0.507 e. The number of carboxylic acids is 1. The Balaban J connectivity index is 2.06. The number of rotatable bonds is 3. The van der Waals surface area contributed by atoms with Gasteiger partial charge in [0.15, 0.2) is 0 Å². The minimum absolute atomic E-state index is 0.224. The molecule has 0 fully saturated rings. The molecular weight excluding hydrogens is 387 g/mol. The highest BCUT2D eigenvalue weighted by Gasteiger charge is 2.11. The zero-order valence-electron chi connectivity index (χ0n) is 10.6. The molecule has 7 heteroatoms. The number of aromatic hydroxyl groups is 1. The number of phenols is 1. The van der Waals surface area contributed by atoms with Crippen molar-refractivity contribution in [2.45, 2.75) is 0 Å². The summed E-state index contributed by atoms with van der Waals surface area (Å²) >= 11 is 2.13. The number of halogens is 1. The molecule has 2 amide bonds. The Hall–Kier alpha value is -2.29. The fourth-order valence-corrected chi connectivity index (χ4v) is 2.19. The Morgan fingerprint density at radius 3 is 2.24 bits per heavy atom. The summed E-state index contributed by atoms with van der Waals surface area (Å²) in [7, 11) is 0. The van der Waals surface area contributed by atoms with E-state index in [4.69, 9.17) is 5.11 Å². The average Bonchev–Trinajstić information content (AvgIpc) is 2.38. The quantitative estimate of drug-likeness (QED) is 0.596. The number of nitrogens with one attached hydrogen (secondary N) is 2. The number of carbonyl (C=O) groups excluding carboxylic acids is 1. The third-order valence-corrected chi connectivity index (χ3v) is 3.24. The molecule has 0 aliphatic carbocycles. The van der Waals surface area contributed by atoms with Crippen LogP contribution in [-0.4, -0.2) is 22.2 Å². The molecule has 0 aliphatic rings. The molecule has 0 radical (unpaired) electrons. The number of hydrogen-bond donors (Lipinski definition) is 4. The average molecular weight is 398 g/mol. The number of benzene rings is 2. The van der Waals surface area contributed by atoms with Gasteiger partial charge in [-0.25, -0.2) is 9.59 Å². The van der Waals surface area contributed by atoms with Crippen molar-refractivity contribution < 1.29 is 19.8 Å². The smallest absolute Gasteiger partial charge is 0.339 e. The summed E-state index contributed by atoms with van der Waals surface area (Å²) in [5.74, 6) is -1.64. The second kappa shape index (κ2) is 6.44. The first-order chi connectivity index (χ1) is 9.95. The summed E-state index contributed by atoms with van der Waals surface area (Å²) in [4.78, 5) is 22.6. The van der Waals surface area contributed by atoms with E-state index in [2.05, 4.69) is 33.2 Å². The molecule has 6 nitrogen and oxygen atoms in total. The van der Waals surface area contributed by atoms with Gasteiger partial charge in [0.25, 0.3) is 0 Å². The molecule has 0 aromatic heterocycles. The SMILES string of the molecule is O=C(Nc1cccc(I)c1)Nc1ccc(C(=O)O)c(O)c1. The molecule has 108 valence electrons.